The Morgan fingerprint density at radius 2 is 1.96 bits per heavy atom. The summed E-state index contributed by atoms with van der Waals surface area (Å²) >= 11 is 1.30. The lowest BCUT2D eigenvalue weighted by Gasteiger charge is -2.09. The molecule has 3 aromatic rings. The third-order valence-electron chi connectivity index (χ3n) is 3.82. The van der Waals surface area contributed by atoms with Crippen LogP contribution in [0.25, 0.3) is 5.69 Å². The van der Waals surface area contributed by atoms with Crippen molar-refractivity contribution in [3.05, 3.63) is 65.7 Å². The van der Waals surface area contributed by atoms with Crippen molar-refractivity contribution in [1.29, 1.82) is 0 Å². The van der Waals surface area contributed by atoms with Crippen molar-refractivity contribution < 1.29 is 9.18 Å². The predicted molar refractivity (Wildman–Crippen MR) is 101 cm³/mol. The highest BCUT2D eigenvalue weighted by molar-refractivity contribution is 7.99. The number of halogens is 1. The predicted octanol–water partition coefficient (Wildman–Crippen LogP) is 4.01. The molecule has 0 atom stereocenters. The highest BCUT2D eigenvalue weighted by Gasteiger charge is 2.15. The van der Waals surface area contributed by atoms with E-state index in [1.54, 1.807) is 19.1 Å². The molecule has 3 rings (SSSR count). The number of para-hydroxylation sites is 1. The number of carbonyl (C=O) groups is 1. The molecule has 26 heavy (non-hydrogen) atoms. The number of hydrogen-bond donors (Lipinski definition) is 1. The number of aryl methyl sites for hydroxylation is 2. The van der Waals surface area contributed by atoms with Crippen LogP contribution in [0.3, 0.4) is 0 Å². The number of rotatable bonds is 6. The Morgan fingerprint density at radius 1 is 1.19 bits per heavy atom. The van der Waals surface area contributed by atoms with Gasteiger partial charge in [0.05, 0.1) is 5.75 Å². The molecule has 0 radical (unpaired) electrons. The summed E-state index contributed by atoms with van der Waals surface area (Å²) in [5.41, 5.74) is 1.94. The van der Waals surface area contributed by atoms with E-state index in [0.29, 0.717) is 16.4 Å². The topological polar surface area (TPSA) is 59.8 Å². The summed E-state index contributed by atoms with van der Waals surface area (Å²) in [6.45, 7) is 3.69. The molecule has 0 bridgehead atoms. The number of amides is 1. The molecule has 2 aromatic carbocycles. The number of nitrogens with one attached hydrogen (secondary N) is 1. The van der Waals surface area contributed by atoms with Gasteiger partial charge in [0, 0.05) is 17.8 Å². The van der Waals surface area contributed by atoms with Gasteiger partial charge in [-0.15, -0.1) is 10.2 Å². The Kier molecular flexibility index (Phi) is 5.68. The summed E-state index contributed by atoms with van der Waals surface area (Å²) in [5, 5.41) is 11.8. The Labute approximate surface area is 155 Å². The Bertz CT molecular complexity index is 911. The van der Waals surface area contributed by atoms with E-state index in [1.807, 2.05) is 41.8 Å². The van der Waals surface area contributed by atoms with Crippen LogP contribution in [0.1, 0.15) is 18.3 Å². The molecule has 7 heteroatoms. The van der Waals surface area contributed by atoms with Gasteiger partial charge in [-0.05, 0) is 36.8 Å². The molecule has 0 aliphatic rings. The number of nitrogens with zero attached hydrogens (tertiary/aromatic N) is 3. The first-order chi connectivity index (χ1) is 12.6. The largest absolute Gasteiger partial charge is 0.325 e. The van der Waals surface area contributed by atoms with Gasteiger partial charge in [-0.2, -0.15) is 0 Å². The monoisotopic (exact) mass is 370 g/mol. The molecule has 1 heterocycles. The van der Waals surface area contributed by atoms with E-state index < -0.39 is 0 Å². The molecule has 0 aliphatic heterocycles. The van der Waals surface area contributed by atoms with Crippen molar-refractivity contribution >= 4 is 23.4 Å². The fraction of sp³-hybridized carbons (Fsp3) is 0.211. The maximum absolute atomic E-state index is 13.6. The van der Waals surface area contributed by atoms with Gasteiger partial charge in [0.1, 0.15) is 11.6 Å². The molecular formula is C19H19FN4OS. The lowest BCUT2D eigenvalue weighted by molar-refractivity contribution is -0.113. The first kappa shape index (κ1) is 18.1. The van der Waals surface area contributed by atoms with E-state index in [-0.39, 0.29) is 17.5 Å². The van der Waals surface area contributed by atoms with Gasteiger partial charge in [-0.1, -0.05) is 43.0 Å². The minimum atomic E-state index is -0.341. The van der Waals surface area contributed by atoms with E-state index in [4.69, 9.17) is 0 Å². The van der Waals surface area contributed by atoms with E-state index in [0.717, 1.165) is 17.9 Å². The summed E-state index contributed by atoms with van der Waals surface area (Å²) in [6, 6.07) is 14.4. The molecule has 0 saturated carbocycles. The zero-order chi connectivity index (χ0) is 18.5. The average molecular weight is 370 g/mol. The number of carbonyl (C=O) groups excluding carboxylic acids is 1. The molecule has 1 aromatic heterocycles. The summed E-state index contributed by atoms with van der Waals surface area (Å²) < 4.78 is 15.5. The van der Waals surface area contributed by atoms with Gasteiger partial charge in [0.2, 0.25) is 5.91 Å². The van der Waals surface area contributed by atoms with Crippen molar-refractivity contribution in [3.8, 4) is 5.69 Å². The van der Waals surface area contributed by atoms with Crippen molar-refractivity contribution in [3.63, 3.8) is 0 Å². The Hall–Kier alpha value is -2.67. The van der Waals surface area contributed by atoms with E-state index in [2.05, 4.69) is 15.5 Å². The fourth-order valence-electron chi connectivity index (χ4n) is 2.46. The van der Waals surface area contributed by atoms with E-state index >= 15 is 0 Å². The Morgan fingerprint density at radius 3 is 2.65 bits per heavy atom. The molecule has 0 spiro atoms. The number of benzene rings is 2. The molecule has 1 amide bonds. The zero-order valence-corrected chi connectivity index (χ0v) is 15.4. The van der Waals surface area contributed by atoms with Crippen LogP contribution >= 0.6 is 11.8 Å². The van der Waals surface area contributed by atoms with Gasteiger partial charge in [0.25, 0.3) is 0 Å². The summed E-state index contributed by atoms with van der Waals surface area (Å²) in [7, 11) is 0. The average Bonchev–Trinajstić information content (AvgIpc) is 3.07. The van der Waals surface area contributed by atoms with Gasteiger partial charge in [-0.3, -0.25) is 9.36 Å². The second kappa shape index (κ2) is 8.14. The third-order valence-corrected chi connectivity index (χ3v) is 4.75. The van der Waals surface area contributed by atoms with Crippen LogP contribution in [-0.4, -0.2) is 26.4 Å². The van der Waals surface area contributed by atoms with Crippen molar-refractivity contribution in [2.45, 2.75) is 25.4 Å². The second-order valence-corrected chi connectivity index (χ2v) is 6.67. The summed E-state index contributed by atoms with van der Waals surface area (Å²) in [4.78, 5) is 12.2. The summed E-state index contributed by atoms with van der Waals surface area (Å²) in [6.07, 6.45) is 0.733. The van der Waals surface area contributed by atoms with Crippen molar-refractivity contribution in [2.75, 3.05) is 11.1 Å². The van der Waals surface area contributed by atoms with Gasteiger partial charge < -0.3 is 5.32 Å². The Balaban J connectivity index is 1.70. The first-order valence-electron chi connectivity index (χ1n) is 8.27. The molecule has 5 nitrogen and oxygen atoms in total. The smallest absolute Gasteiger partial charge is 0.234 e. The minimum Gasteiger partial charge on any atom is -0.325 e. The standard InChI is InChI=1S/C19H19FN4OS/c1-3-17-22-23-19(24(17)15-7-5-4-6-8-15)26-12-18(25)21-14-10-9-13(2)16(20)11-14/h4-11H,3,12H2,1-2H3,(H,21,25). The lowest BCUT2D eigenvalue weighted by atomic mass is 10.2. The van der Waals surface area contributed by atoms with Crippen LogP contribution in [0.15, 0.2) is 53.7 Å². The maximum Gasteiger partial charge on any atom is 0.234 e. The van der Waals surface area contributed by atoms with E-state index in [9.17, 15) is 9.18 Å². The van der Waals surface area contributed by atoms with Crippen molar-refractivity contribution in [1.82, 2.24) is 14.8 Å². The molecule has 0 unspecified atom stereocenters. The number of aromatic nitrogens is 3. The van der Waals surface area contributed by atoms with Crippen LogP contribution in [0.5, 0.6) is 0 Å². The van der Waals surface area contributed by atoms with Crippen molar-refractivity contribution in [2.24, 2.45) is 0 Å². The van der Waals surface area contributed by atoms with Crippen LogP contribution < -0.4 is 5.32 Å². The minimum absolute atomic E-state index is 0.157. The van der Waals surface area contributed by atoms with Gasteiger partial charge in [0.15, 0.2) is 5.16 Å². The summed E-state index contributed by atoms with van der Waals surface area (Å²) in [5.74, 6) is 0.426. The second-order valence-electron chi connectivity index (χ2n) is 5.72. The number of thioether (sulfide) groups is 1. The number of hydrogen-bond acceptors (Lipinski definition) is 4. The van der Waals surface area contributed by atoms with E-state index in [1.165, 1.54) is 17.8 Å². The SMILES string of the molecule is CCc1nnc(SCC(=O)Nc2ccc(C)c(F)c2)n1-c1ccccc1. The molecule has 0 aliphatic carbocycles. The molecule has 1 N–H and O–H groups in total. The fourth-order valence-corrected chi connectivity index (χ4v) is 3.23. The van der Waals surface area contributed by atoms with Crippen LogP contribution in [0.4, 0.5) is 10.1 Å². The van der Waals surface area contributed by atoms with Gasteiger partial charge in [-0.25, -0.2) is 4.39 Å². The molecule has 0 fully saturated rings. The highest BCUT2D eigenvalue weighted by atomic mass is 32.2. The van der Waals surface area contributed by atoms with Crippen LogP contribution in [0, 0.1) is 12.7 Å². The normalized spacial score (nSPS) is 10.7. The van der Waals surface area contributed by atoms with Gasteiger partial charge >= 0.3 is 0 Å². The molecule has 134 valence electrons. The van der Waals surface area contributed by atoms with Crippen LogP contribution in [-0.2, 0) is 11.2 Å². The van der Waals surface area contributed by atoms with Crippen LogP contribution in [0.2, 0.25) is 0 Å². The molecule has 0 saturated heterocycles. The third kappa shape index (κ3) is 4.11. The quantitative estimate of drug-likeness (QED) is 0.666. The highest BCUT2D eigenvalue weighted by Crippen LogP contribution is 2.22. The lowest BCUT2D eigenvalue weighted by Crippen LogP contribution is -2.15. The molecular weight excluding hydrogens is 351 g/mol. The maximum atomic E-state index is 13.6. The number of anilines is 1. The first-order valence-corrected chi connectivity index (χ1v) is 9.25. The zero-order valence-electron chi connectivity index (χ0n) is 14.6.